The summed E-state index contributed by atoms with van der Waals surface area (Å²) in [6.07, 6.45) is -0.0175. The van der Waals surface area contributed by atoms with Gasteiger partial charge in [0.05, 0.1) is 6.42 Å². The second-order valence-electron chi connectivity index (χ2n) is 2.14. The van der Waals surface area contributed by atoms with Crippen LogP contribution in [0.4, 0.5) is 0 Å². The van der Waals surface area contributed by atoms with Crippen molar-refractivity contribution < 1.29 is 24.8 Å². The average Bonchev–Trinajstić information content (AvgIpc) is 1.59. The molecule has 0 saturated heterocycles. The molecule has 0 aromatic rings. The lowest BCUT2D eigenvalue weighted by Gasteiger charge is -2.07. The summed E-state index contributed by atoms with van der Waals surface area (Å²) in [6, 6.07) is 0. The molecule has 0 aliphatic heterocycles. The predicted molar refractivity (Wildman–Crippen MR) is 28.9 cm³/mol. The molecule has 0 heterocycles. The highest BCUT2D eigenvalue weighted by molar-refractivity contribution is 5.75. The molecule has 2 N–H and O–H groups in total. The lowest BCUT2D eigenvalue weighted by Crippen LogP contribution is -2.31. The van der Waals surface area contributed by atoms with Crippen LogP contribution in [0.1, 0.15) is 13.3 Å². The second-order valence-corrected chi connectivity index (χ2v) is 2.14. The molecule has 58 valence electrons. The summed E-state index contributed by atoms with van der Waals surface area (Å²) in [5.41, 5.74) is -1.69. The van der Waals surface area contributed by atoms with Crippen molar-refractivity contribution >= 4 is 12.3 Å². The van der Waals surface area contributed by atoms with Gasteiger partial charge < -0.3 is 15.5 Å². The smallest absolute Gasteiger partial charge is 0.349 e. The summed E-state index contributed by atoms with van der Waals surface area (Å²) in [6.45, 7) is 1.17. The Labute approximate surface area is 57.2 Å². The number of carboxylic acids is 1. The topological polar surface area (TPSA) is 91.9 Å². The first-order valence-corrected chi connectivity index (χ1v) is 2.55. The van der Waals surface area contributed by atoms with Crippen molar-refractivity contribution in [3.8, 4) is 0 Å². The van der Waals surface area contributed by atoms with Gasteiger partial charge in [-0.05, 0) is 6.92 Å². The molecular weight excluding hydrogens is 140 g/mol. The average molecular weight is 148 g/mol. The fourth-order valence-corrected chi connectivity index (χ4v) is 0.451. The zero-order chi connectivity index (χ0) is 8.20. The normalized spacial score (nSPS) is 17.0. The van der Waals surface area contributed by atoms with Gasteiger partial charge in [0.25, 0.3) is 0 Å². The van der Waals surface area contributed by atoms with Crippen LogP contribution in [0.15, 0.2) is 0 Å². The lowest BCUT2D eigenvalue weighted by atomic mass is 10.1. The standard InChI is InChI=1S/C5H8O5/c1-5(8,3-10-9)2-4(6)7/h3,8H,2H2,1H3,(H,6,7). The molecule has 1 unspecified atom stereocenters. The first-order chi connectivity index (χ1) is 4.48. The first-order valence-electron chi connectivity index (χ1n) is 2.55. The van der Waals surface area contributed by atoms with Gasteiger partial charge in [-0.15, -0.1) is 0 Å². The van der Waals surface area contributed by atoms with Crippen molar-refractivity contribution in [2.24, 2.45) is 0 Å². The van der Waals surface area contributed by atoms with Crippen molar-refractivity contribution in [3.05, 3.63) is 0 Å². The molecule has 5 nitrogen and oxygen atoms in total. The van der Waals surface area contributed by atoms with Crippen molar-refractivity contribution in [3.63, 3.8) is 0 Å². The van der Waals surface area contributed by atoms with Gasteiger partial charge in [-0.3, -0.25) is 4.79 Å². The summed E-state index contributed by atoms with van der Waals surface area (Å²) < 4.78 is 3.22. The van der Waals surface area contributed by atoms with E-state index in [0.29, 0.717) is 6.29 Å². The van der Waals surface area contributed by atoms with Gasteiger partial charge in [-0.1, -0.05) is 0 Å². The zero-order valence-corrected chi connectivity index (χ0v) is 5.40. The van der Waals surface area contributed by atoms with E-state index in [1.807, 2.05) is 0 Å². The number of aliphatic carboxylic acids is 1. The molecule has 0 aromatic heterocycles. The Bertz CT molecular complexity index is 148. The molecule has 0 fully saturated rings. The van der Waals surface area contributed by atoms with E-state index in [0.717, 1.165) is 0 Å². The Morgan fingerprint density at radius 2 is 2.40 bits per heavy atom. The van der Waals surface area contributed by atoms with Gasteiger partial charge >= 0.3 is 12.3 Å². The van der Waals surface area contributed by atoms with Crippen LogP contribution in [0.2, 0.25) is 0 Å². The quantitative estimate of drug-likeness (QED) is 0.214. The first kappa shape index (κ1) is 8.90. The fraction of sp³-hybridized carbons (Fsp3) is 0.600. The van der Waals surface area contributed by atoms with E-state index >= 15 is 0 Å². The Kier molecular flexibility index (Phi) is 2.82. The van der Waals surface area contributed by atoms with E-state index in [1.54, 1.807) is 0 Å². The van der Waals surface area contributed by atoms with E-state index in [9.17, 15) is 10.1 Å². The van der Waals surface area contributed by atoms with Crippen LogP contribution in [-0.4, -0.2) is 28.1 Å². The molecule has 0 amide bonds. The van der Waals surface area contributed by atoms with Gasteiger partial charge in [-0.2, -0.15) is 4.58 Å². The van der Waals surface area contributed by atoms with Crippen molar-refractivity contribution in [2.45, 2.75) is 18.9 Å². The highest BCUT2D eigenvalue weighted by Gasteiger charge is 2.27. The summed E-state index contributed by atoms with van der Waals surface area (Å²) in [4.78, 5) is 9.95. The molecule has 0 rings (SSSR count). The number of carbonyl (C=O) groups is 1. The lowest BCUT2D eigenvalue weighted by molar-refractivity contribution is -1.04. The highest BCUT2D eigenvalue weighted by atomic mass is 17.1. The molecule has 1 atom stereocenters. The molecule has 5 heteroatoms. The maximum absolute atomic E-state index is 9.95. The molecular formula is C5H8O5. The van der Waals surface area contributed by atoms with Gasteiger partial charge in [0, 0.05) is 0 Å². The third kappa shape index (κ3) is 3.85. The van der Waals surface area contributed by atoms with Gasteiger partial charge in [-0.25, -0.2) is 0 Å². The van der Waals surface area contributed by atoms with Gasteiger partial charge in [0.1, 0.15) is 0 Å². The second kappa shape index (κ2) is 3.17. The van der Waals surface area contributed by atoms with Crippen LogP contribution in [-0.2, 0) is 9.37 Å². The minimum absolute atomic E-state index is 0.529. The minimum Gasteiger partial charge on any atom is -0.481 e. The van der Waals surface area contributed by atoms with Crippen LogP contribution < -0.4 is 5.26 Å². The fourth-order valence-electron chi connectivity index (χ4n) is 0.451. The SMILES string of the molecule is CC(O)(C=[O+][O-])CC(=O)O. The van der Waals surface area contributed by atoms with Crippen LogP contribution >= 0.6 is 0 Å². The molecule has 0 aliphatic carbocycles. The van der Waals surface area contributed by atoms with E-state index in [-0.39, 0.29) is 0 Å². The Morgan fingerprint density at radius 3 is 2.70 bits per heavy atom. The summed E-state index contributed by atoms with van der Waals surface area (Å²) in [5.74, 6) is -1.20. The Balaban J connectivity index is 3.99. The Morgan fingerprint density at radius 1 is 1.90 bits per heavy atom. The number of carbonyl (C=O) groups excluding carboxylic acids is 1. The molecule has 0 radical (unpaired) electrons. The van der Waals surface area contributed by atoms with Gasteiger partial charge in [0.15, 0.2) is 5.60 Å². The molecule has 10 heavy (non-hydrogen) atoms. The molecule has 0 aliphatic rings. The Hall–Kier alpha value is -1.10. The molecule has 0 bridgehead atoms. The minimum atomic E-state index is -1.69. The molecule has 0 saturated carbocycles. The predicted octanol–water partition coefficient (Wildman–Crippen LogP) is -1.78. The maximum atomic E-state index is 9.95. The van der Waals surface area contributed by atoms with Crippen molar-refractivity contribution in [2.75, 3.05) is 0 Å². The number of rotatable bonds is 3. The summed E-state index contributed by atoms with van der Waals surface area (Å²) in [7, 11) is 0. The maximum Gasteiger partial charge on any atom is 0.349 e. The third-order valence-electron chi connectivity index (χ3n) is 0.811. The third-order valence-corrected chi connectivity index (χ3v) is 0.811. The van der Waals surface area contributed by atoms with Crippen molar-refractivity contribution in [1.29, 1.82) is 0 Å². The number of aliphatic hydroxyl groups is 1. The monoisotopic (exact) mass is 148 g/mol. The van der Waals surface area contributed by atoms with Crippen molar-refractivity contribution in [1.82, 2.24) is 0 Å². The highest BCUT2D eigenvalue weighted by Crippen LogP contribution is 2.03. The van der Waals surface area contributed by atoms with Crippen LogP contribution in [0, 0.1) is 0 Å². The molecule has 0 spiro atoms. The van der Waals surface area contributed by atoms with E-state index in [4.69, 9.17) is 10.2 Å². The zero-order valence-electron chi connectivity index (χ0n) is 5.40. The molecule has 0 aromatic carbocycles. The number of hydrogen-bond acceptors (Lipinski definition) is 3. The largest absolute Gasteiger partial charge is 0.481 e. The van der Waals surface area contributed by atoms with Crippen LogP contribution in [0.25, 0.3) is 0 Å². The van der Waals surface area contributed by atoms with E-state index < -0.39 is 18.0 Å². The van der Waals surface area contributed by atoms with Crippen LogP contribution in [0.3, 0.4) is 0 Å². The number of aldehydes is 1. The van der Waals surface area contributed by atoms with E-state index in [1.165, 1.54) is 6.92 Å². The van der Waals surface area contributed by atoms with Gasteiger partial charge in [0.2, 0.25) is 0 Å². The summed E-state index contributed by atoms with van der Waals surface area (Å²) >= 11 is 0. The van der Waals surface area contributed by atoms with Crippen LogP contribution in [0.5, 0.6) is 0 Å². The number of carboxylic acid groups (broad SMARTS) is 1. The van der Waals surface area contributed by atoms with E-state index in [2.05, 4.69) is 4.58 Å². The number of hydrogen-bond donors (Lipinski definition) is 2. The summed E-state index contributed by atoms with van der Waals surface area (Å²) in [5, 5.41) is 26.5.